The Morgan fingerprint density at radius 2 is 1.48 bits per heavy atom. The largest absolute Gasteiger partial charge is 0.307 e. The van der Waals surface area contributed by atoms with E-state index in [1.54, 1.807) is 12.1 Å². The molecule has 7 rings (SSSR count). The van der Waals surface area contributed by atoms with E-state index in [0.29, 0.717) is 11.2 Å². The zero-order chi connectivity index (χ0) is 28.3. The Bertz CT molecular complexity index is 2130. The molecule has 0 atom stereocenters. The first-order valence-electron chi connectivity index (χ1n) is 13.8. The first-order chi connectivity index (χ1) is 18.8. The molecule has 0 N–H and O–H groups in total. The van der Waals surface area contributed by atoms with Crippen molar-refractivity contribution in [1.82, 2.24) is 19.4 Å². The summed E-state index contributed by atoms with van der Waals surface area (Å²) in [6, 6.07) is 16.0. The first-order valence-corrected chi connectivity index (χ1v) is 13.8. The number of halogens is 1. The summed E-state index contributed by atoms with van der Waals surface area (Å²) in [4.78, 5) is 14.9. The van der Waals surface area contributed by atoms with E-state index < -0.39 is 0 Å². The van der Waals surface area contributed by atoms with Crippen molar-refractivity contribution in [3.05, 3.63) is 77.8 Å². The van der Waals surface area contributed by atoms with E-state index in [4.69, 9.17) is 15.0 Å². The minimum atomic E-state index is -0.236. The Kier molecular flexibility index (Phi) is 4.92. The maximum Gasteiger partial charge on any atom is 0.224 e. The van der Waals surface area contributed by atoms with Crippen LogP contribution >= 0.6 is 0 Å². The summed E-state index contributed by atoms with van der Waals surface area (Å²) in [5, 5.41) is 4.95. The molecule has 200 valence electrons. The molecule has 0 amide bonds. The van der Waals surface area contributed by atoms with Crippen LogP contribution < -0.4 is 4.57 Å². The average Bonchev–Trinajstić information content (AvgIpc) is 3.23. The van der Waals surface area contributed by atoms with E-state index in [0.717, 1.165) is 66.4 Å². The molecule has 40 heavy (non-hydrogen) atoms. The smallest absolute Gasteiger partial charge is 0.224 e. The van der Waals surface area contributed by atoms with Crippen molar-refractivity contribution >= 4 is 49.0 Å². The number of hydrogen-bond donors (Lipinski definition) is 0. The monoisotopic (exact) mass is 530 g/mol. The second kappa shape index (κ2) is 7.94. The number of rotatable bonds is 1. The molecule has 0 aliphatic heterocycles. The van der Waals surface area contributed by atoms with Gasteiger partial charge < -0.3 is 4.40 Å². The van der Waals surface area contributed by atoms with Crippen molar-refractivity contribution < 1.29 is 8.96 Å². The molecule has 3 aromatic carbocycles. The van der Waals surface area contributed by atoms with Crippen LogP contribution in [-0.4, -0.2) is 19.4 Å². The number of aromatic nitrogens is 5. The average molecular weight is 531 g/mol. The van der Waals surface area contributed by atoms with Gasteiger partial charge >= 0.3 is 0 Å². The van der Waals surface area contributed by atoms with Crippen molar-refractivity contribution in [3.63, 3.8) is 0 Å². The van der Waals surface area contributed by atoms with Gasteiger partial charge in [0.2, 0.25) is 5.52 Å². The fourth-order valence-corrected chi connectivity index (χ4v) is 6.03. The van der Waals surface area contributed by atoms with Crippen LogP contribution in [0.2, 0.25) is 0 Å². The van der Waals surface area contributed by atoms with Crippen LogP contribution in [0.5, 0.6) is 0 Å². The first kappa shape index (κ1) is 24.8. The molecule has 0 aliphatic rings. The molecular formula is C34H33FN5+. The van der Waals surface area contributed by atoms with Crippen LogP contribution in [0, 0.1) is 12.7 Å². The molecule has 0 unspecified atom stereocenters. The number of fused-ring (bicyclic) bond motifs is 5. The fraction of sp³-hybridized carbons (Fsp3) is 0.294. The predicted octanol–water partition coefficient (Wildman–Crippen LogP) is 7.71. The van der Waals surface area contributed by atoms with Gasteiger partial charge in [-0.15, -0.1) is 0 Å². The Morgan fingerprint density at radius 3 is 2.15 bits per heavy atom. The van der Waals surface area contributed by atoms with Gasteiger partial charge in [0.05, 0.1) is 27.3 Å². The summed E-state index contributed by atoms with van der Waals surface area (Å²) in [6.07, 6.45) is 2.11. The van der Waals surface area contributed by atoms with Crippen LogP contribution in [0.3, 0.4) is 0 Å². The highest BCUT2D eigenvalue weighted by atomic mass is 19.1. The Labute approximate surface area is 232 Å². The minimum Gasteiger partial charge on any atom is -0.307 e. The van der Waals surface area contributed by atoms with Crippen molar-refractivity contribution in [2.45, 2.75) is 59.3 Å². The topological polar surface area (TPSA) is 47.0 Å². The van der Waals surface area contributed by atoms with Crippen molar-refractivity contribution in [3.8, 4) is 11.4 Å². The van der Waals surface area contributed by atoms with E-state index in [2.05, 4.69) is 101 Å². The summed E-state index contributed by atoms with van der Waals surface area (Å²) >= 11 is 0. The summed E-state index contributed by atoms with van der Waals surface area (Å²) < 4.78 is 19.9. The number of benzene rings is 3. The van der Waals surface area contributed by atoms with Gasteiger partial charge in [-0.25, -0.2) is 23.9 Å². The molecular weight excluding hydrogens is 497 g/mol. The zero-order valence-corrected chi connectivity index (χ0v) is 24.3. The number of pyridine rings is 2. The third-order valence-electron chi connectivity index (χ3n) is 8.04. The summed E-state index contributed by atoms with van der Waals surface area (Å²) in [5.41, 5.74) is 5.66. The van der Waals surface area contributed by atoms with Crippen LogP contribution in [0.25, 0.3) is 60.4 Å². The van der Waals surface area contributed by atoms with Crippen LogP contribution in [-0.2, 0) is 17.9 Å². The molecule has 0 saturated heterocycles. The van der Waals surface area contributed by atoms with Crippen LogP contribution in [0.15, 0.2) is 54.7 Å². The molecule has 0 fully saturated rings. The standard InChI is InChI=1S/C34H33FN5/c1-18-12-13-21-27-22(35)10-9-11-23(27)40-24-17-20(16-19-14-15-39(8)29(26(19)24)25(18)28(21)40)30-36-31(33(2,3)4)38-32(37-30)34(5,6)7/h9-17H,1-8H3/q+1. The lowest BCUT2D eigenvalue weighted by Crippen LogP contribution is -2.29. The van der Waals surface area contributed by atoms with Gasteiger partial charge in [-0.3, -0.25) is 0 Å². The number of aryl methyl sites for hydroxylation is 2. The highest BCUT2D eigenvalue weighted by molar-refractivity contribution is 6.26. The van der Waals surface area contributed by atoms with Gasteiger partial charge in [-0.2, -0.15) is 0 Å². The molecule has 0 aliphatic carbocycles. The molecule has 0 saturated carbocycles. The molecule has 4 heterocycles. The normalized spacial score (nSPS) is 13.1. The van der Waals surface area contributed by atoms with Gasteiger partial charge in [-0.1, -0.05) is 59.7 Å². The summed E-state index contributed by atoms with van der Waals surface area (Å²) in [7, 11) is 2.08. The zero-order valence-electron chi connectivity index (χ0n) is 24.3. The summed E-state index contributed by atoms with van der Waals surface area (Å²) in [5.74, 6) is 1.99. The second-order valence-corrected chi connectivity index (χ2v) is 13.2. The molecule has 6 heteroatoms. The van der Waals surface area contributed by atoms with Crippen molar-refractivity contribution in [2.75, 3.05) is 0 Å². The molecule has 0 spiro atoms. The number of hydrogen-bond acceptors (Lipinski definition) is 3. The lowest BCUT2D eigenvalue weighted by atomic mass is 9.92. The van der Waals surface area contributed by atoms with Gasteiger partial charge in [0.1, 0.15) is 24.5 Å². The van der Waals surface area contributed by atoms with Crippen molar-refractivity contribution in [1.29, 1.82) is 0 Å². The third kappa shape index (κ3) is 3.38. The number of nitrogens with zero attached hydrogens (tertiary/aromatic N) is 5. The van der Waals surface area contributed by atoms with Crippen LogP contribution in [0.4, 0.5) is 4.39 Å². The lowest BCUT2D eigenvalue weighted by Gasteiger charge is -2.23. The molecule has 7 aromatic rings. The van der Waals surface area contributed by atoms with Gasteiger partial charge in [0.25, 0.3) is 0 Å². The molecule has 5 nitrogen and oxygen atoms in total. The van der Waals surface area contributed by atoms with Gasteiger partial charge in [-0.05, 0) is 42.1 Å². The maximum absolute atomic E-state index is 15.4. The summed E-state index contributed by atoms with van der Waals surface area (Å²) in [6.45, 7) is 14.9. The Hall–Kier alpha value is -4.19. The lowest BCUT2D eigenvalue weighted by molar-refractivity contribution is -0.643. The van der Waals surface area contributed by atoms with Gasteiger partial charge in [0.15, 0.2) is 12.0 Å². The highest BCUT2D eigenvalue weighted by Gasteiger charge is 2.28. The second-order valence-electron chi connectivity index (χ2n) is 13.2. The maximum atomic E-state index is 15.4. The molecule has 0 radical (unpaired) electrons. The Balaban J connectivity index is 1.71. The van der Waals surface area contributed by atoms with Crippen molar-refractivity contribution in [2.24, 2.45) is 7.05 Å². The Morgan fingerprint density at radius 1 is 0.775 bits per heavy atom. The van der Waals surface area contributed by atoms with E-state index in [1.165, 1.54) is 0 Å². The third-order valence-corrected chi connectivity index (χ3v) is 8.04. The molecule has 4 aromatic heterocycles. The highest BCUT2D eigenvalue weighted by Crippen LogP contribution is 2.42. The van der Waals surface area contributed by atoms with Crippen LogP contribution in [0.1, 0.15) is 58.8 Å². The van der Waals surface area contributed by atoms with Gasteiger partial charge in [0, 0.05) is 33.2 Å². The van der Waals surface area contributed by atoms with E-state index in [-0.39, 0.29) is 16.6 Å². The minimum absolute atomic E-state index is 0.208. The fourth-order valence-electron chi connectivity index (χ4n) is 6.03. The van der Waals surface area contributed by atoms with E-state index in [1.807, 2.05) is 6.07 Å². The van der Waals surface area contributed by atoms with E-state index >= 15 is 4.39 Å². The molecule has 0 bridgehead atoms. The quantitative estimate of drug-likeness (QED) is 0.124. The SMILES string of the molecule is Cc1ccc2c3c(F)cccc3n3c4cc(-c5nc(C(C)(C)C)nc(C(C)(C)C)n5)cc5cc[n+](C)c(c1c23)c54. The van der Waals surface area contributed by atoms with E-state index in [9.17, 15) is 0 Å². The predicted molar refractivity (Wildman–Crippen MR) is 161 cm³/mol.